The van der Waals surface area contributed by atoms with E-state index in [0.29, 0.717) is 38.4 Å². The van der Waals surface area contributed by atoms with Gasteiger partial charge in [0.15, 0.2) is 0 Å². The zero-order chi connectivity index (χ0) is 14.5. The van der Waals surface area contributed by atoms with Crippen LogP contribution in [0, 0.1) is 0 Å². The van der Waals surface area contributed by atoms with E-state index in [1.807, 2.05) is 23.8 Å². The van der Waals surface area contributed by atoms with Crippen molar-refractivity contribution in [2.24, 2.45) is 0 Å². The van der Waals surface area contributed by atoms with Crippen LogP contribution in [0.4, 0.5) is 0 Å². The van der Waals surface area contributed by atoms with E-state index in [0.717, 1.165) is 0 Å². The van der Waals surface area contributed by atoms with Crippen molar-refractivity contribution < 1.29 is 14.3 Å². The van der Waals surface area contributed by atoms with E-state index in [4.69, 9.17) is 4.74 Å². The monoisotopic (exact) mass is 279 g/mol. The van der Waals surface area contributed by atoms with Gasteiger partial charge in [-0.15, -0.1) is 0 Å². The van der Waals surface area contributed by atoms with Crippen LogP contribution in [-0.4, -0.2) is 54.1 Å². The molecule has 1 aliphatic rings. The fourth-order valence-corrected chi connectivity index (χ4v) is 2.50. The third kappa shape index (κ3) is 2.85. The van der Waals surface area contributed by atoms with E-state index < -0.39 is 0 Å². The number of rotatable bonds is 5. The van der Waals surface area contributed by atoms with Crippen LogP contribution in [0.3, 0.4) is 0 Å². The third-order valence-electron chi connectivity index (χ3n) is 3.56. The second kappa shape index (κ2) is 6.56. The number of hydrogen-bond donors (Lipinski definition) is 1. The number of methoxy groups -OCH3 is 1. The zero-order valence-corrected chi connectivity index (χ0v) is 12.0. The quantitative estimate of drug-likeness (QED) is 0.853. The highest BCUT2D eigenvalue weighted by Crippen LogP contribution is 2.14. The van der Waals surface area contributed by atoms with E-state index in [1.54, 1.807) is 18.1 Å². The summed E-state index contributed by atoms with van der Waals surface area (Å²) in [5.74, 6) is -0.157. The summed E-state index contributed by atoms with van der Waals surface area (Å²) < 4.78 is 6.91. The molecule has 0 saturated carbocycles. The second-order valence-electron chi connectivity index (χ2n) is 4.79. The van der Waals surface area contributed by atoms with Gasteiger partial charge in [0.1, 0.15) is 11.7 Å². The van der Waals surface area contributed by atoms with Crippen molar-refractivity contribution in [3.8, 4) is 0 Å². The zero-order valence-electron chi connectivity index (χ0n) is 12.0. The minimum atomic E-state index is -0.373. The second-order valence-corrected chi connectivity index (χ2v) is 4.79. The van der Waals surface area contributed by atoms with Crippen LogP contribution in [0.25, 0.3) is 0 Å². The van der Waals surface area contributed by atoms with E-state index >= 15 is 0 Å². The summed E-state index contributed by atoms with van der Waals surface area (Å²) >= 11 is 0. The molecule has 0 spiro atoms. The summed E-state index contributed by atoms with van der Waals surface area (Å²) in [6.07, 6.45) is 2.48. The Hall–Kier alpha value is -1.82. The Morgan fingerprint density at radius 2 is 2.35 bits per heavy atom. The molecule has 2 rings (SSSR count). The maximum Gasteiger partial charge on any atom is 0.271 e. The van der Waals surface area contributed by atoms with Gasteiger partial charge >= 0.3 is 0 Å². The first-order valence-corrected chi connectivity index (χ1v) is 6.91. The SMILES string of the molecule is CCC1C(=O)NCCN1C(=O)c1cccn1CCOC. The molecule has 2 heterocycles. The predicted octanol–water partition coefficient (Wildman–Crippen LogP) is 0.485. The van der Waals surface area contributed by atoms with Gasteiger partial charge in [0.2, 0.25) is 5.91 Å². The normalized spacial score (nSPS) is 19.0. The number of carbonyl (C=O) groups excluding carboxylic acids is 2. The van der Waals surface area contributed by atoms with Gasteiger partial charge in [-0.3, -0.25) is 9.59 Å². The van der Waals surface area contributed by atoms with Crippen LogP contribution in [0.15, 0.2) is 18.3 Å². The summed E-state index contributed by atoms with van der Waals surface area (Å²) in [4.78, 5) is 26.1. The first-order valence-electron chi connectivity index (χ1n) is 6.91. The summed E-state index contributed by atoms with van der Waals surface area (Å²) in [7, 11) is 1.63. The number of amides is 2. The van der Waals surface area contributed by atoms with Crippen molar-refractivity contribution in [3.05, 3.63) is 24.0 Å². The number of aromatic nitrogens is 1. The Labute approximate surface area is 118 Å². The van der Waals surface area contributed by atoms with Crippen LogP contribution >= 0.6 is 0 Å². The van der Waals surface area contributed by atoms with Crippen molar-refractivity contribution in [1.82, 2.24) is 14.8 Å². The molecule has 110 valence electrons. The fraction of sp³-hybridized carbons (Fsp3) is 0.571. The molecule has 1 aromatic heterocycles. The minimum absolute atomic E-state index is 0.0675. The maximum atomic E-state index is 12.6. The lowest BCUT2D eigenvalue weighted by atomic mass is 10.1. The standard InChI is InChI=1S/C14H21N3O3/c1-3-11-13(18)15-6-8-17(11)14(19)12-5-4-7-16(12)9-10-20-2/h4-5,7,11H,3,6,8-10H2,1-2H3,(H,15,18). The van der Waals surface area contributed by atoms with Gasteiger partial charge in [-0.05, 0) is 18.6 Å². The largest absolute Gasteiger partial charge is 0.383 e. The minimum Gasteiger partial charge on any atom is -0.383 e. The Kier molecular flexibility index (Phi) is 4.79. The predicted molar refractivity (Wildman–Crippen MR) is 74.4 cm³/mol. The van der Waals surface area contributed by atoms with E-state index in [2.05, 4.69) is 5.32 Å². The van der Waals surface area contributed by atoms with Crippen molar-refractivity contribution >= 4 is 11.8 Å². The van der Waals surface area contributed by atoms with Gasteiger partial charge < -0.3 is 19.5 Å². The molecule has 1 saturated heterocycles. The molecule has 1 aliphatic heterocycles. The average Bonchev–Trinajstić information content (AvgIpc) is 2.92. The molecule has 0 aromatic carbocycles. The molecule has 6 nitrogen and oxygen atoms in total. The molecule has 0 aliphatic carbocycles. The Bertz CT molecular complexity index is 484. The van der Waals surface area contributed by atoms with Crippen LogP contribution in [0.1, 0.15) is 23.8 Å². The fourth-order valence-electron chi connectivity index (χ4n) is 2.50. The van der Waals surface area contributed by atoms with Gasteiger partial charge in [-0.1, -0.05) is 6.92 Å². The van der Waals surface area contributed by atoms with Crippen LogP contribution in [-0.2, 0) is 16.1 Å². The molecule has 1 atom stereocenters. The molecule has 1 unspecified atom stereocenters. The lowest BCUT2D eigenvalue weighted by molar-refractivity contribution is -0.127. The first-order chi connectivity index (χ1) is 9.69. The average molecular weight is 279 g/mol. The number of piperazine rings is 1. The Morgan fingerprint density at radius 3 is 3.05 bits per heavy atom. The molecule has 0 radical (unpaired) electrons. The van der Waals surface area contributed by atoms with E-state index in [9.17, 15) is 9.59 Å². The van der Waals surface area contributed by atoms with E-state index in [1.165, 1.54) is 0 Å². The topological polar surface area (TPSA) is 63.6 Å². The summed E-state index contributed by atoms with van der Waals surface area (Å²) in [6, 6.07) is 3.26. The van der Waals surface area contributed by atoms with Crippen LogP contribution in [0.5, 0.6) is 0 Å². The highest BCUT2D eigenvalue weighted by atomic mass is 16.5. The lowest BCUT2D eigenvalue weighted by Gasteiger charge is -2.34. The van der Waals surface area contributed by atoms with Gasteiger partial charge in [-0.25, -0.2) is 0 Å². The Balaban J connectivity index is 2.17. The Morgan fingerprint density at radius 1 is 1.55 bits per heavy atom. The molecule has 0 bridgehead atoms. The van der Waals surface area contributed by atoms with Gasteiger partial charge in [0.25, 0.3) is 5.91 Å². The molecule has 2 amide bonds. The highest BCUT2D eigenvalue weighted by molar-refractivity contribution is 5.97. The molecule has 6 heteroatoms. The highest BCUT2D eigenvalue weighted by Gasteiger charge is 2.32. The number of nitrogens with one attached hydrogen (secondary N) is 1. The van der Waals surface area contributed by atoms with Crippen molar-refractivity contribution in [1.29, 1.82) is 0 Å². The van der Waals surface area contributed by atoms with Crippen LogP contribution < -0.4 is 5.32 Å². The molecular formula is C14H21N3O3. The third-order valence-corrected chi connectivity index (χ3v) is 3.56. The first kappa shape index (κ1) is 14.6. The lowest BCUT2D eigenvalue weighted by Crippen LogP contribution is -2.57. The molecular weight excluding hydrogens is 258 g/mol. The summed E-state index contributed by atoms with van der Waals surface area (Å²) in [6.45, 7) is 4.16. The summed E-state index contributed by atoms with van der Waals surface area (Å²) in [5, 5.41) is 2.80. The number of nitrogens with zero attached hydrogens (tertiary/aromatic N) is 2. The van der Waals surface area contributed by atoms with E-state index in [-0.39, 0.29) is 17.9 Å². The van der Waals surface area contributed by atoms with Crippen LogP contribution in [0.2, 0.25) is 0 Å². The number of hydrogen-bond acceptors (Lipinski definition) is 3. The van der Waals surface area contributed by atoms with Gasteiger partial charge in [-0.2, -0.15) is 0 Å². The smallest absolute Gasteiger partial charge is 0.271 e. The van der Waals surface area contributed by atoms with Gasteiger partial charge in [0.05, 0.1) is 6.61 Å². The molecule has 1 fully saturated rings. The van der Waals surface area contributed by atoms with Crippen molar-refractivity contribution in [2.45, 2.75) is 25.9 Å². The number of ether oxygens (including phenoxy) is 1. The molecule has 20 heavy (non-hydrogen) atoms. The van der Waals surface area contributed by atoms with Crippen molar-refractivity contribution in [2.75, 3.05) is 26.8 Å². The summed E-state index contributed by atoms with van der Waals surface area (Å²) in [5.41, 5.74) is 0.607. The maximum absolute atomic E-state index is 12.6. The van der Waals surface area contributed by atoms with Gasteiger partial charge in [0, 0.05) is 32.9 Å². The van der Waals surface area contributed by atoms with Crippen molar-refractivity contribution in [3.63, 3.8) is 0 Å². The molecule has 1 aromatic rings. The molecule has 1 N–H and O–H groups in total. The number of carbonyl (C=O) groups is 2.